The van der Waals surface area contributed by atoms with Gasteiger partial charge in [0.25, 0.3) is 0 Å². The van der Waals surface area contributed by atoms with Crippen molar-refractivity contribution in [2.45, 2.75) is 58.9 Å². The largest absolute Gasteiger partial charge is 0.245 e. The minimum Gasteiger partial charge on any atom is -0.245 e. The van der Waals surface area contributed by atoms with E-state index in [0.29, 0.717) is 5.82 Å². The fourth-order valence-corrected chi connectivity index (χ4v) is 3.62. The van der Waals surface area contributed by atoms with Gasteiger partial charge in [0.2, 0.25) is 0 Å². The van der Waals surface area contributed by atoms with Crippen LogP contribution in [0.15, 0.2) is 48.5 Å². The molecule has 1 N–H and O–H groups in total. The number of aromatic nitrogens is 7. The molecule has 4 rings (SSSR count). The third-order valence-corrected chi connectivity index (χ3v) is 5.40. The zero-order chi connectivity index (χ0) is 21.5. The molecule has 0 saturated heterocycles. The number of H-pyrrole nitrogens is 1. The van der Waals surface area contributed by atoms with E-state index < -0.39 is 0 Å². The van der Waals surface area contributed by atoms with Gasteiger partial charge in [0, 0.05) is 18.4 Å². The first kappa shape index (κ1) is 20.9. The molecule has 2 aromatic heterocycles. The van der Waals surface area contributed by atoms with Crippen molar-refractivity contribution >= 4 is 0 Å². The molecular formula is C24H29N7. The maximum atomic E-state index is 4.81. The molecule has 0 radical (unpaired) electrons. The van der Waals surface area contributed by atoms with Crippen molar-refractivity contribution in [3.8, 4) is 22.5 Å². The molecule has 2 heterocycles. The van der Waals surface area contributed by atoms with Crippen molar-refractivity contribution in [1.82, 2.24) is 35.4 Å². The predicted octanol–water partition coefficient (Wildman–Crippen LogP) is 4.86. The van der Waals surface area contributed by atoms with Crippen molar-refractivity contribution in [2.24, 2.45) is 0 Å². The van der Waals surface area contributed by atoms with Crippen molar-refractivity contribution in [3.63, 3.8) is 0 Å². The van der Waals surface area contributed by atoms with Gasteiger partial charge in [0.1, 0.15) is 5.82 Å². The molecule has 0 aliphatic heterocycles. The van der Waals surface area contributed by atoms with E-state index in [1.54, 1.807) is 0 Å². The summed E-state index contributed by atoms with van der Waals surface area (Å²) in [5.74, 6) is 2.75. The van der Waals surface area contributed by atoms with Gasteiger partial charge in [-0.2, -0.15) is 5.10 Å². The first-order chi connectivity index (χ1) is 15.3. The smallest absolute Gasteiger partial charge is 0.179 e. The van der Waals surface area contributed by atoms with Crippen LogP contribution in [-0.2, 0) is 19.4 Å². The SMILES string of the molecule is CCCCc1nc(CCCC)n(Cc2ccc(-c3cccc(-c4nnn[nH]4)c3)cc2)n1. The van der Waals surface area contributed by atoms with Crippen LogP contribution in [0.25, 0.3) is 22.5 Å². The van der Waals surface area contributed by atoms with Gasteiger partial charge in [-0.15, -0.1) is 5.10 Å². The maximum Gasteiger partial charge on any atom is 0.179 e. The van der Waals surface area contributed by atoms with E-state index in [1.807, 2.05) is 12.1 Å². The Morgan fingerprint density at radius 2 is 1.65 bits per heavy atom. The Hall–Kier alpha value is -3.35. The second kappa shape index (κ2) is 10.1. The van der Waals surface area contributed by atoms with Crippen molar-refractivity contribution in [3.05, 3.63) is 65.7 Å². The molecule has 0 unspecified atom stereocenters. The van der Waals surface area contributed by atoms with Gasteiger partial charge in [0.15, 0.2) is 11.6 Å². The molecule has 2 aromatic carbocycles. The lowest BCUT2D eigenvalue weighted by Crippen LogP contribution is -2.07. The Labute approximate surface area is 182 Å². The highest BCUT2D eigenvalue weighted by Crippen LogP contribution is 2.24. The van der Waals surface area contributed by atoms with Crippen LogP contribution in [0.2, 0.25) is 0 Å². The van der Waals surface area contributed by atoms with Gasteiger partial charge < -0.3 is 0 Å². The van der Waals surface area contributed by atoms with Gasteiger partial charge >= 0.3 is 0 Å². The molecule has 31 heavy (non-hydrogen) atoms. The van der Waals surface area contributed by atoms with Crippen molar-refractivity contribution in [2.75, 3.05) is 0 Å². The Bertz CT molecular complexity index is 1080. The van der Waals surface area contributed by atoms with Crippen LogP contribution in [0.5, 0.6) is 0 Å². The molecule has 0 atom stereocenters. The van der Waals surface area contributed by atoms with E-state index in [-0.39, 0.29) is 0 Å². The molecule has 0 fully saturated rings. The van der Waals surface area contributed by atoms with Crippen LogP contribution >= 0.6 is 0 Å². The lowest BCUT2D eigenvalue weighted by atomic mass is 10.0. The molecule has 160 valence electrons. The lowest BCUT2D eigenvalue weighted by molar-refractivity contribution is 0.612. The first-order valence-electron chi connectivity index (χ1n) is 11.1. The summed E-state index contributed by atoms with van der Waals surface area (Å²) in [7, 11) is 0. The van der Waals surface area contributed by atoms with E-state index in [4.69, 9.17) is 10.1 Å². The van der Waals surface area contributed by atoms with Gasteiger partial charge in [-0.25, -0.2) is 14.8 Å². The fourth-order valence-electron chi connectivity index (χ4n) is 3.62. The number of hydrogen-bond donors (Lipinski definition) is 1. The maximum absolute atomic E-state index is 4.81. The monoisotopic (exact) mass is 415 g/mol. The number of hydrogen-bond acceptors (Lipinski definition) is 5. The molecule has 0 bridgehead atoms. The minimum atomic E-state index is 0.670. The molecule has 0 aliphatic carbocycles. The summed E-state index contributed by atoms with van der Waals surface area (Å²) in [4.78, 5) is 4.81. The number of rotatable bonds is 10. The fraction of sp³-hybridized carbons (Fsp3) is 0.375. The summed E-state index contributed by atoms with van der Waals surface area (Å²) in [5, 5.41) is 18.9. The van der Waals surface area contributed by atoms with Gasteiger partial charge in [-0.1, -0.05) is 69.2 Å². The summed E-state index contributed by atoms with van der Waals surface area (Å²) < 4.78 is 2.09. The van der Waals surface area contributed by atoms with Crippen LogP contribution in [0.1, 0.15) is 56.7 Å². The molecule has 0 amide bonds. The second-order valence-electron chi connectivity index (χ2n) is 7.84. The lowest BCUT2D eigenvalue weighted by Gasteiger charge is -2.08. The molecular weight excluding hydrogens is 386 g/mol. The van der Waals surface area contributed by atoms with E-state index in [0.717, 1.165) is 73.4 Å². The normalized spacial score (nSPS) is 11.2. The molecule has 0 spiro atoms. The first-order valence-corrected chi connectivity index (χ1v) is 11.1. The van der Waals surface area contributed by atoms with E-state index >= 15 is 0 Å². The third kappa shape index (κ3) is 5.23. The number of aromatic amines is 1. The molecule has 7 nitrogen and oxygen atoms in total. The van der Waals surface area contributed by atoms with E-state index in [9.17, 15) is 0 Å². The summed E-state index contributed by atoms with van der Waals surface area (Å²) in [6.07, 6.45) is 6.54. The van der Waals surface area contributed by atoms with Crippen molar-refractivity contribution in [1.29, 1.82) is 0 Å². The highest BCUT2D eigenvalue weighted by atomic mass is 15.5. The Morgan fingerprint density at radius 1 is 0.871 bits per heavy atom. The van der Waals surface area contributed by atoms with Crippen LogP contribution in [0, 0.1) is 0 Å². The number of nitrogens with zero attached hydrogens (tertiary/aromatic N) is 6. The van der Waals surface area contributed by atoms with E-state index in [2.05, 4.69) is 75.6 Å². The summed E-state index contributed by atoms with van der Waals surface area (Å²) >= 11 is 0. The van der Waals surface area contributed by atoms with Crippen LogP contribution in [-0.4, -0.2) is 35.4 Å². The van der Waals surface area contributed by atoms with Crippen LogP contribution in [0.4, 0.5) is 0 Å². The standard InChI is InChI=1S/C24H29N7/c1-3-5-10-22-25-23(11-6-4-2)31(28-22)17-18-12-14-19(15-13-18)20-8-7-9-21(16-20)24-26-29-30-27-24/h7-9,12-16H,3-6,10-11,17H2,1-2H3,(H,26,27,29,30). The van der Waals surface area contributed by atoms with Crippen LogP contribution < -0.4 is 0 Å². The number of tetrazole rings is 1. The quantitative estimate of drug-likeness (QED) is 0.400. The Balaban J connectivity index is 1.51. The number of aryl methyl sites for hydroxylation is 2. The Morgan fingerprint density at radius 3 is 2.39 bits per heavy atom. The summed E-state index contributed by atoms with van der Waals surface area (Å²) in [6.45, 7) is 5.17. The third-order valence-electron chi connectivity index (χ3n) is 5.40. The van der Waals surface area contributed by atoms with Gasteiger partial charge in [0.05, 0.1) is 6.54 Å². The second-order valence-corrected chi connectivity index (χ2v) is 7.84. The average molecular weight is 416 g/mol. The summed E-state index contributed by atoms with van der Waals surface area (Å²) in [6, 6.07) is 16.9. The Kier molecular flexibility index (Phi) is 6.82. The van der Waals surface area contributed by atoms with E-state index in [1.165, 1.54) is 5.56 Å². The molecule has 0 aliphatic rings. The molecule has 0 saturated carbocycles. The predicted molar refractivity (Wildman–Crippen MR) is 121 cm³/mol. The number of nitrogens with one attached hydrogen (secondary N) is 1. The topological polar surface area (TPSA) is 85.2 Å². The highest BCUT2D eigenvalue weighted by molar-refractivity contribution is 5.70. The van der Waals surface area contributed by atoms with Gasteiger partial charge in [-0.3, -0.25) is 0 Å². The highest BCUT2D eigenvalue weighted by Gasteiger charge is 2.11. The van der Waals surface area contributed by atoms with Gasteiger partial charge in [-0.05, 0) is 46.0 Å². The summed E-state index contributed by atoms with van der Waals surface area (Å²) in [5.41, 5.74) is 4.48. The van der Waals surface area contributed by atoms with Crippen molar-refractivity contribution < 1.29 is 0 Å². The zero-order valence-corrected chi connectivity index (χ0v) is 18.3. The number of benzene rings is 2. The average Bonchev–Trinajstić information content (AvgIpc) is 3.47. The van der Waals surface area contributed by atoms with Crippen LogP contribution in [0.3, 0.4) is 0 Å². The molecule has 7 heteroatoms. The number of unbranched alkanes of at least 4 members (excludes halogenated alkanes) is 2. The minimum absolute atomic E-state index is 0.670. The molecule has 4 aromatic rings. The zero-order valence-electron chi connectivity index (χ0n) is 18.3.